The minimum Gasteiger partial charge on any atom is -0.350 e. The average molecular weight is 313 g/mol. The number of carbonyl (C=O) groups is 1. The van der Waals surface area contributed by atoms with Crippen molar-refractivity contribution in [3.05, 3.63) is 69.1 Å². The van der Waals surface area contributed by atoms with Gasteiger partial charge in [-0.2, -0.15) is 0 Å². The molecule has 0 fully saturated rings. The lowest BCUT2D eigenvalue weighted by Crippen LogP contribution is -2.35. The van der Waals surface area contributed by atoms with Crippen LogP contribution in [0.5, 0.6) is 0 Å². The van der Waals surface area contributed by atoms with E-state index >= 15 is 0 Å². The van der Waals surface area contributed by atoms with Crippen molar-refractivity contribution in [2.45, 2.75) is 19.9 Å². The summed E-state index contributed by atoms with van der Waals surface area (Å²) in [5, 5.41) is 2.91. The maximum atomic E-state index is 12.3. The zero-order valence-corrected chi connectivity index (χ0v) is 14.0. The second-order valence-corrected chi connectivity index (χ2v) is 6.02. The normalized spacial score (nSPS) is 12.2. The second kappa shape index (κ2) is 7.24. The lowest BCUT2D eigenvalue weighted by Gasteiger charge is -2.25. The molecule has 1 aromatic carbocycles. The molecule has 5 nitrogen and oxygen atoms in total. The molecular formula is C18H23N3O2. The van der Waals surface area contributed by atoms with Crippen LogP contribution in [0.15, 0.2) is 41.2 Å². The highest BCUT2D eigenvalue weighted by molar-refractivity contribution is 5.94. The third-order valence-electron chi connectivity index (χ3n) is 3.78. The lowest BCUT2D eigenvalue weighted by atomic mass is 10.0. The topological polar surface area (TPSA) is 65.2 Å². The van der Waals surface area contributed by atoms with Crippen LogP contribution in [-0.2, 0) is 0 Å². The summed E-state index contributed by atoms with van der Waals surface area (Å²) in [6.45, 7) is 4.28. The summed E-state index contributed by atoms with van der Waals surface area (Å²) < 4.78 is 0. The first-order chi connectivity index (χ1) is 10.9. The van der Waals surface area contributed by atoms with Gasteiger partial charge in [-0.15, -0.1) is 0 Å². The van der Waals surface area contributed by atoms with Crippen LogP contribution < -0.4 is 10.9 Å². The number of rotatable bonds is 5. The number of nitrogens with zero attached hydrogens (tertiary/aromatic N) is 1. The van der Waals surface area contributed by atoms with E-state index in [-0.39, 0.29) is 17.5 Å². The standard InChI is InChI=1S/C18H23N3O2/c1-12-5-7-14(8-6-12)16(21(3)4)11-19-18(23)15-9-13(2)20-17(22)10-15/h5-10,16H,11H2,1-4H3,(H,19,23)(H,20,22). The first-order valence-electron chi connectivity index (χ1n) is 7.59. The van der Waals surface area contributed by atoms with Gasteiger partial charge in [0.05, 0.1) is 6.04 Å². The SMILES string of the molecule is Cc1ccc(C(CNC(=O)c2cc(C)[nH]c(=O)c2)N(C)C)cc1. The molecule has 0 aliphatic heterocycles. The van der Waals surface area contributed by atoms with Crippen LogP contribution in [0.2, 0.25) is 0 Å². The number of aryl methyl sites for hydroxylation is 2. The van der Waals surface area contributed by atoms with E-state index in [1.165, 1.54) is 11.6 Å². The minimum atomic E-state index is -0.266. The Morgan fingerprint density at radius 2 is 1.83 bits per heavy atom. The molecule has 1 aromatic heterocycles. The Morgan fingerprint density at radius 1 is 1.17 bits per heavy atom. The fourth-order valence-electron chi connectivity index (χ4n) is 2.49. The van der Waals surface area contributed by atoms with Crippen molar-refractivity contribution < 1.29 is 4.79 Å². The number of pyridine rings is 1. The molecule has 0 aliphatic rings. The van der Waals surface area contributed by atoms with E-state index in [9.17, 15) is 9.59 Å². The largest absolute Gasteiger partial charge is 0.350 e. The number of carbonyl (C=O) groups excluding carboxylic acids is 1. The number of nitrogens with one attached hydrogen (secondary N) is 2. The summed E-state index contributed by atoms with van der Waals surface area (Å²) in [5.74, 6) is -0.238. The van der Waals surface area contributed by atoms with Gasteiger partial charge in [0.15, 0.2) is 0 Å². The highest BCUT2D eigenvalue weighted by Gasteiger charge is 2.16. The van der Waals surface area contributed by atoms with Crippen molar-refractivity contribution in [1.82, 2.24) is 15.2 Å². The fraction of sp³-hybridized carbons (Fsp3) is 0.333. The quantitative estimate of drug-likeness (QED) is 0.887. The third-order valence-corrected chi connectivity index (χ3v) is 3.78. The van der Waals surface area contributed by atoms with Gasteiger partial charge in [-0.05, 0) is 39.6 Å². The number of aromatic amines is 1. The summed E-state index contributed by atoms with van der Waals surface area (Å²) in [7, 11) is 3.96. The summed E-state index contributed by atoms with van der Waals surface area (Å²) in [5.41, 5.74) is 3.13. The van der Waals surface area contributed by atoms with Gasteiger partial charge >= 0.3 is 0 Å². The van der Waals surface area contributed by atoms with Crippen molar-refractivity contribution >= 4 is 5.91 Å². The summed E-state index contributed by atoms with van der Waals surface area (Å²) >= 11 is 0. The van der Waals surface area contributed by atoms with Crippen LogP contribution in [0.4, 0.5) is 0 Å². The zero-order valence-electron chi connectivity index (χ0n) is 14.0. The van der Waals surface area contributed by atoms with Gasteiger partial charge in [-0.1, -0.05) is 29.8 Å². The minimum absolute atomic E-state index is 0.0719. The molecular weight excluding hydrogens is 290 g/mol. The molecule has 1 amide bonds. The van der Waals surface area contributed by atoms with Gasteiger partial charge in [0.1, 0.15) is 0 Å². The molecule has 0 radical (unpaired) electrons. The Labute approximate surface area is 136 Å². The van der Waals surface area contributed by atoms with E-state index in [1.807, 2.05) is 21.0 Å². The number of aromatic nitrogens is 1. The molecule has 1 unspecified atom stereocenters. The van der Waals surface area contributed by atoms with E-state index in [4.69, 9.17) is 0 Å². The highest BCUT2D eigenvalue weighted by atomic mass is 16.2. The number of hydrogen-bond donors (Lipinski definition) is 2. The first-order valence-corrected chi connectivity index (χ1v) is 7.59. The number of likely N-dealkylation sites (N-methyl/N-ethyl adjacent to an activating group) is 1. The van der Waals surface area contributed by atoms with Gasteiger partial charge in [0, 0.05) is 23.9 Å². The summed E-state index contributed by atoms with van der Waals surface area (Å²) in [4.78, 5) is 28.5. The van der Waals surface area contributed by atoms with Crippen molar-refractivity contribution in [3.63, 3.8) is 0 Å². The van der Waals surface area contributed by atoms with Gasteiger partial charge < -0.3 is 15.2 Å². The van der Waals surface area contributed by atoms with E-state index < -0.39 is 0 Å². The van der Waals surface area contributed by atoms with Crippen molar-refractivity contribution in [2.24, 2.45) is 0 Å². The van der Waals surface area contributed by atoms with Gasteiger partial charge in [-0.3, -0.25) is 9.59 Å². The van der Waals surface area contributed by atoms with Crippen LogP contribution in [-0.4, -0.2) is 36.4 Å². The fourth-order valence-corrected chi connectivity index (χ4v) is 2.49. The van der Waals surface area contributed by atoms with Crippen LogP contribution in [0.3, 0.4) is 0 Å². The summed E-state index contributed by atoms with van der Waals surface area (Å²) in [6.07, 6.45) is 0. The van der Waals surface area contributed by atoms with Crippen molar-refractivity contribution in [1.29, 1.82) is 0 Å². The number of benzene rings is 1. The van der Waals surface area contributed by atoms with Crippen LogP contribution >= 0.6 is 0 Å². The molecule has 0 aliphatic carbocycles. The smallest absolute Gasteiger partial charge is 0.251 e. The Balaban J connectivity index is 2.11. The monoisotopic (exact) mass is 313 g/mol. The van der Waals surface area contributed by atoms with Gasteiger partial charge in [0.25, 0.3) is 5.91 Å². The molecule has 0 saturated carbocycles. The first kappa shape index (κ1) is 17.0. The maximum Gasteiger partial charge on any atom is 0.251 e. The zero-order chi connectivity index (χ0) is 17.0. The molecule has 2 N–H and O–H groups in total. The highest BCUT2D eigenvalue weighted by Crippen LogP contribution is 2.18. The van der Waals surface area contributed by atoms with Gasteiger partial charge in [-0.25, -0.2) is 0 Å². The molecule has 23 heavy (non-hydrogen) atoms. The predicted octanol–water partition coefficient (Wildman–Crippen LogP) is 2.02. The molecule has 1 atom stereocenters. The van der Waals surface area contributed by atoms with Gasteiger partial charge in [0.2, 0.25) is 5.56 Å². The van der Waals surface area contributed by atoms with Crippen LogP contribution in [0, 0.1) is 13.8 Å². The van der Waals surface area contributed by atoms with E-state index in [2.05, 4.69) is 39.5 Å². The number of H-pyrrole nitrogens is 1. The maximum absolute atomic E-state index is 12.3. The van der Waals surface area contributed by atoms with E-state index in [0.717, 1.165) is 5.56 Å². The molecule has 2 aromatic rings. The number of hydrogen-bond acceptors (Lipinski definition) is 3. The predicted molar refractivity (Wildman–Crippen MR) is 91.7 cm³/mol. The molecule has 0 bridgehead atoms. The Kier molecular flexibility index (Phi) is 5.34. The molecule has 122 valence electrons. The van der Waals surface area contributed by atoms with Crippen LogP contribution in [0.1, 0.15) is 33.2 Å². The number of amides is 1. The molecule has 0 saturated heterocycles. The van der Waals surface area contributed by atoms with Crippen molar-refractivity contribution in [2.75, 3.05) is 20.6 Å². The third kappa shape index (κ3) is 4.53. The Bertz CT molecular complexity index is 733. The molecule has 1 heterocycles. The molecule has 5 heteroatoms. The molecule has 0 spiro atoms. The lowest BCUT2D eigenvalue weighted by molar-refractivity contribution is 0.0941. The van der Waals surface area contributed by atoms with E-state index in [1.54, 1.807) is 13.0 Å². The van der Waals surface area contributed by atoms with Crippen molar-refractivity contribution in [3.8, 4) is 0 Å². The summed E-state index contributed by atoms with van der Waals surface area (Å²) in [6, 6.07) is 11.3. The second-order valence-electron chi connectivity index (χ2n) is 6.02. The Morgan fingerprint density at radius 3 is 2.39 bits per heavy atom. The van der Waals surface area contributed by atoms with Crippen LogP contribution in [0.25, 0.3) is 0 Å². The Hall–Kier alpha value is -2.40. The van der Waals surface area contributed by atoms with E-state index in [0.29, 0.717) is 17.8 Å². The molecule has 2 rings (SSSR count). The average Bonchev–Trinajstić information content (AvgIpc) is 2.47.